The molecule has 0 rings (SSSR count). The summed E-state index contributed by atoms with van der Waals surface area (Å²) in [4.78, 5) is 11.2. The summed E-state index contributed by atoms with van der Waals surface area (Å²) >= 11 is 0. The van der Waals surface area contributed by atoms with Gasteiger partial charge in [0.2, 0.25) is 0 Å². The van der Waals surface area contributed by atoms with Gasteiger partial charge in [0.1, 0.15) is 0 Å². The molecule has 0 N–H and O–H groups in total. The van der Waals surface area contributed by atoms with Gasteiger partial charge >= 0.3 is 14.8 Å². The van der Waals surface area contributed by atoms with Crippen LogP contribution in [0.1, 0.15) is 78.6 Å². The minimum absolute atomic E-state index is 0.341. The molecule has 6 heteroatoms. The van der Waals surface area contributed by atoms with Crippen LogP contribution in [0.25, 0.3) is 0 Å². The topological polar surface area (TPSA) is 54.0 Å². The highest BCUT2D eigenvalue weighted by molar-refractivity contribution is 6.60. The van der Waals surface area contributed by atoms with E-state index in [1.165, 1.54) is 6.08 Å². The molecule has 26 heavy (non-hydrogen) atoms. The Kier molecular flexibility index (Phi) is 17.2. The van der Waals surface area contributed by atoms with E-state index in [1.807, 2.05) is 0 Å². The molecule has 0 saturated carbocycles. The van der Waals surface area contributed by atoms with Gasteiger partial charge in [0.15, 0.2) is 0 Å². The normalized spacial score (nSPS) is 11.5. The van der Waals surface area contributed by atoms with E-state index in [-0.39, 0.29) is 0 Å². The highest BCUT2D eigenvalue weighted by Crippen LogP contribution is 2.20. The Balaban J connectivity index is 4.71. The molecule has 0 aliphatic rings. The Morgan fingerprint density at radius 3 is 1.73 bits per heavy atom. The summed E-state index contributed by atoms with van der Waals surface area (Å²) in [5.74, 6) is -0.392. The molecular formula is C20H40O5Si. The van der Waals surface area contributed by atoms with Gasteiger partial charge < -0.3 is 18.0 Å². The lowest BCUT2D eigenvalue weighted by Crippen LogP contribution is -2.47. The number of ether oxygens (including phenoxy) is 1. The average molecular weight is 389 g/mol. The van der Waals surface area contributed by atoms with Crippen LogP contribution >= 0.6 is 0 Å². The monoisotopic (exact) mass is 388 g/mol. The van der Waals surface area contributed by atoms with E-state index in [4.69, 9.17) is 18.0 Å². The summed E-state index contributed by atoms with van der Waals surface area (Å²) in [6.45, 7) is 12.3. The molecule has 5 nitrogen and oxygen atoms in total. The van der Waals surface area contributed by atoms with Crippen LogP contribution in [0.15, 0.2) is 12.7 Å². The molecule has 0 aromatic carbocycles. The van der Waals surface area contributed by atoms with Gasteiger partial charge in [0, 0.05) is 31.9 Å². The van der Waals surface area contributed by atoms with Gasteiger partial charge in [-0.3, -0.25) is 0 Å². The van der Waals surface area contributed by atoms with Gasteiger partial charge in [-0.2, -0.15) is 0 Å². The summed E-state index contributed by atoms with van der Waals surface area (Å²) in [6, 6.07) is 0.680. The minimum Gasteiger partial charge on any atom is -0.463 e. The molecule has 0 atom stereocenters. The lowest BCUT2D eigenvalue weighted by molar-refractivity contribution is -0.137. The van der Waals surface area contributed by atoms with Crippen LogP contribution in [0.4, 0.5) is 0 Å². The van der Waals surface area contributed by atoms with Gasteiger partial charge in [-0.25, -0.2) is 4.79 Å². The first-order chi connectivity index (χ1) is 12.6. The molecule has 0 unspecified atom stereocenters. The molecule has 0 spiro atoms. The van der Waals surface area contributed by atoms with Gasteiger partial charge in [0.25, 0.3) is 0 Å². The fourth-order valence-electron chi connectivity index (χ4n) is 2.39. The smallest absolute Gasteiger partial charge is 0.463 e. The molecule has 0 aromatic heterocycles. The van der Waals surface area contributed by atoms with Crippen LogP contribution in [0.2, 0.25) is 6.04 Å². The fourth-order valence-corrected chi connectivity index (χ4v) is 5.02. The van der Waals surface area contributed by atoms with Crippen molar-refractivity contribution in [2.75, 3.05) is 26.4 Å². The average Bonchev–Trinajstić information content (AvgIpc) is 2.65. The summed E-state index contributed by atoms with van der Waals surface area (Å²) < 4.78 is 23.7. The van der Waals surface area contributed by atoms with Crippen LogP contribution in [0.5, 0.6) is 0 Å². The lowest BCUT2D eigenvalue weighted by atomic mass is 10.3. The second-order valence-corrected chi connectivity index (χ2v) is 9.20. The number of hydrogen-bond donors (Lipinski definition) is 0. The van der Waals surface area contributed by atoms with E-state index in [9.17, 15) is 4.79 Å². The zero-order chi connectivity index (χ0) is 19.5. The number of carbonyl (C=O) groups excluding carboxylic acids is 1. The first-order valence-corrected chi connectivity index (χ1v) is 12.3. The third-order valence-corrected chi connectivity index (χ3v) is 6.90. The molecule has 154 valence electrons. The lowest BCUT2D eigenvalue weighted by Gasteiger charge is -2.30. The minimum atomic E-state index is -2.73. The van der Waals surface area contributed by atoms with Crippen molar-refractivity contribution in [3.05, 3.63) is 12.7 Å². The van der Waals surface area contributed by atoms with Gasteiger partial charge in [0.05, 0.1) is 6.61 Å². The highest BCUT2D eigenvalue weighted by atomic mass is 28.4. The van der Waals surface area contributed by atoms with E-state index in [1.54, 1.807) is 0 Å². The van der Waals surface area contributed by atoms with Crippen molar-refractivity contribution in [2.24, 2.45) is 0 Å². The second-order valence-electron chi connectivity index (χ2n) is 6.47. The summed E-state index contributed by atoms with van der Waals surface area (Å²) in [6.07, 6.45) is 10.6. The summed E-state index contributed by atoms with van der Waals surface area (Å²) in [7, 11) is -2.73. The predicted molar refractivity (Wildman–Crippen MR) is 108 cm³/mol. The van der Waals surface area contributed by atoms with Crippen molar-refractivity contribution in [3.8, 4) is 0 Å². The number of rotatable bonds is 19. The van der Waals surface area contributed by atoms with Crippen LogP contribution in [0, 0.1) is 0 Å². The molecule has 0 heterocycles. The maximum Gasteiger partial charge on any atom is 0.501 e. The third-order valence-electron chi connectivity index (χ3n) is 4.00. The Bertz CT molecular complexity index is 337. The predicted octanol–water partition coefficient (Wildman–Crippen LogP) is 5.27. The number of unbranched alkanes of at least 4 members (excludes halogenated alkanes) is 5. The molecule has 0 bridgehead atoms. The van der Waals surface area contributed by atoms with Gasteiger partial charge in [-0.05, 0) is 25.7 Å². The van der Waals surface area contributed by atoms with Crippen LogP contribution < -0.4 is 0 Å². The quantitative estimate of drug-likeness (QED) is 0.130. The second kappa shape index (κ2) is 17.7. The standard InChI is InChI=1S/C20H40O5Si/c1-5-9-12-17-24-26(23-16-11-7-3,25-18-13-10-6-2)19-14-15-22-20(21)8-4/h8H,4-7,9-19H2,1-3H3. The molecular weight excluding hydrogens is 348 g/mol. The van der Waals surface area contributed by atoms with Crippen molar-refractivity contribution >= 4 is 14.8 Å². The third kappa shape index (κ3) is 13.5. The molecule has 0 amide bonds. The van der Waals surface area contributed by atoms with E-state index in [0.29, 0.717) is 38.9 Å². The molecule has 0 aliphatic carbocycles. The molecule has 0 fully saturated rings. The Labute approximate surface area is 161 Å². The van der Waals surface area contributed by atoms with Crippen molar-refractivity contribution in [1.82, 2.24) is 0 Å². The molecule has 0 radical (unpaired) electrons. The van der Waals surface area contributed by atoms with E-state index >= 15 is 0 Å². The molecule has 0 saturated heterocycles. The Morgan fingerprint density at radius 1 is 0.769 bits per heavy atom. The first-order valence-electron chi connectivity index (χ1n) is 10.3. The van der Waals surface area contributed by atoms with Crippen molar-refractivity contribution in [1.29, 1.82) is 0 Å². The van der Waals surface area contributed by atoms with Crippen LogP contribution in [-0.2, 0) is 22.8 Å². The van der Waals surface area contributed by atoms with Gasteiger partial charge in [-0.15, -0.1) is 0 Å². The summed E-state index contributed by atoms with van der Waals surface area (Å²) in [5, 5.41) is 0. The maximum absolute atomic E-state index is 11.2. The molecule has 0 aromatic rings. The van der Waals surface area contributed by atoms with E-state index in [0.717, 1.165) is 51.4 Å². The fraction of sp³-hybridized carbons (Fsp3) is 0.850. The van der Waals surface area contributed by atoms with Crippen molar-refractivity contribution in [2.45, 2.75) is 84.6 Å². The van der Waals surface area contributed by atoms with Crippen LogP contribution in [0.3, 0.4) is 0 Å². The highest BCUT2D eigenvalue weighted by Gasteiger charge is 2.40. The largest absolute Gasteiger partial charge is 0.501 e. The first kappa shape index (κ1) is 25.3. The molecule has 0 aliphatic heterocycles. The summed E-state index contributed by atoms with van der Waals surface area (Å²) in [5.41, 5.74) is 0. The Morgan fingerprint density at radius 2 is 1.27 bits per heavy atom. The van der Waals surface area contributed by atoms with Crippen molar-refractivity contribution in [3.63, 3.8) is 0 Å². The maximum atomic E-state index is 11.2. The zero-order valence-corrected chi connectivity index (χ0v) is 18.2. The number of carbonyl (C=O) groups is 1. The zero-order valence-electron chi connectivity index (χ0n) is 17.2. The van der Waals surface area contributed by atoms with Gasteiger partial charge in [-0.1, -0.05) is 59.5 Å². The SMILES string of the molecule is C=CC(=O)OCCC[Si](OCCCC)(OCCCCC)OCCCCC. The van der Waals surface area contributed by atoms with E-state index in [2.05, 4.69) is 27.4 Å². The Hall–Kier alpha value is -0.693. The van der Waals surface area contributed by atoms with Crippen molar-refractivity contribution < 1.29 is 22.8 Å². The number of hydrogen-bond acceptors (Lipinski definition) is 5. The van der Waals surface area contributed by atoms with E-state index < -0.39 is 14.8 Å². The van der Waals surface area contributed by atoms with Crippen LogP contribution in [-0.4, -0.2) is 41.2 Å². The number of esters is 1.